The van der Waals surface area contributed by atoms with Crippen LogP contribution in [0.3, 0.4) is 0 Å². The summed E-state index contributed by atoms with van der Waals surface area (Å²) >= 11 is 0. The van der Waals surface area contributed by atoms with Crippen LogP contribution in [-0.4, -0.2) is 60.5 Å². The van der Waals surface area contributed by atoms with Gasteiger partial charge in [0.1, 0.15) is 17.6 Å². The van der Waals surface area contributed by atoms with Crippen molar-refractivity contribution in [3.8, 4) is 17.0 Å². The summed E-state index contributed by atoms with van der Waals surface area (Å²) in [5.41, 5.74) is 1.95. The lowest BCUT2D eigenvalue weighted by molar-refractivity contribution is -0.121. The predicted molar refractivity (Wildman–Crippen MR) is 121 cm³/mol. The van der Waals surface area contributed by atoms with E-state index in [1.807, 2.05) is 6.92 Å². The third-order valence-electron chi connectivity index (χ3n) is 5.92. The summed E-state index contributed by atoms with van der Waals surface area (Å²) in [5, 5.41) is 18.3. The molecule has 0 spiro atoms. The van der Waals surface area contributed by atoms with Crippen molar-refractivity contribution >= 4 is 28.4 Å². The molecule has 0 bridgehead atoms. The minimum absolute atomic E-state index is 0.0324. The van der Waals surface area contributed by atoms with Crippen LogP contribution in [0.4, 0.5) is 14.7 Å². The molecule has 1 fully saturated rings. The highest BCUT2D eigenvalue weighted by molar-refractivity contribution is 5.89. The minimum Gasteiger partial charge on any atom is -0.479 e. The topological polar surface area (TPSA) is 111 Å². The molecule has 0 aliphatic heterocycles. The van der Waals surface area contributed by atoms with Crippen LogP contribution in [0.2, 0.25) is 0 Å². The number of hydrogen-bond acceptors (Lipinski definition) is 7. The van der Waals surface area contributed by atoms with Crippen LogP contribution in [-0.2, 0) is 11.3 Å². The molecule has 1 amide bonds. The lowest BCUT2D eigenvalue weighted by Gasteiger charge is -2.45. The molecule has 2 N–H and O–H groups in total. The first-order valence-corrected chi connectivity index (χ1v) is 10.6. The number of rotatable bonds is 7. The molecule has 5 rings (SSSR count). The molecule has 0 unspecified atom stereocenters. The Hall–Kier alpha value is -3.83. The van der Waals surface area contributed by atoms with Crippen LogP contribution >= 0.6 is 0 Å². The molecule has 178 valence electrons. The van der Waals surface area contributed by atoms with Gasteiger partial charge in [0.05, 0.1) is 16.7 Å². The van der Waals surface area contributed by atoms with E-state index in [-0.39, 0.29) is 29.3 Å². The first kappa shape index (κ1) is 18.6. The summed E-state index contributed by atoms with van der Waals surface area (Å²) in [6, 6.07) is 6.69. The van der Waals surface area contributed by atoms with Gasteiger partial charge in [0, 0.05) is 30.3 Å². The lowest BCUT2D eigenvalue weighted by Crippen LogP contribution is -2.59. The Morgan fingerprint density at radius 2 is 2.21 bits per heavy atom. The van der Waals surface area contributed by atoms with Crippen LogP contribution in [0, 0.1) is 0 Å². The van der Waals surface area contributed by atoms with E-state index in [0.717, 1.165) is 4.68 Å². The molecular formula is C22H24F2N8O2. The molecule has 0 saturated heterocycles. The summed E-state index contributed by atoms with van der Waals surface area (Å²) in [6.45, 7) is 2.80. The van der Waals surface area contributed by atoms with Crippen molar-refractivity contribution in [3.05, 3.63) is 30.5 Å². The predicted octanol–water partition coefficient (Wildman–Crippen LogP) is 2.88. The molecule has 1 saturated carbocycles. The van der Waals surface area contributed by atoms with Crippen molar-refractivity contribution in [2.24, 2.45) is 0 Å². The smallest absolute Gasteiger partial charge is 0.258 e. The van der Waals surface area contributed by atoms with Gasteiger partial charge >= 0.3 is 0 Å². The normalized spacial score (nSPS) is 21.7. The van der Waals surface area contributed by atoms with E-state index in [4.69, 9.17) is 8.85 Å². The van der Waals surface area contributed by atoms with Gasteiger partial charge in [-0.25, -0.2) is 18.0 Å². The second-order valence-electron chi connectivity index (χ2n) is 8.72. The molecule has 4 aromatic rings. The molecule has 34 heavy (non-hydrogen) atoms. The highest BCUT2D eigenvalue weighted by atomic mass is 19.3. The fourth-order valence-electron chi connectivity index (χ4n) is 4.60. The largest absolute Gasteiger partial charge is 0.479 e. The molecule has 1 aliphatic carbocycles. The van der Waals surface area contributed by atoms with Gasteiger partial charge in [-0.15, -0.1) is 10.2 Å². The second-order valence-corrected chi connectivity index (χ2v) is 8.72. The highest BCUT2D eigenvalue weighted by Crippen LogP contribution is 2.35. The number of fused-ring (bicyclic) bond motifs is 2. The first-order valence-electron chi connectivity index (χ1n) is 12.1. The van der Waals surface area contributed by atoms with E-state index < -0.39 is 20.0 Å². The summed E-state index contributed by atoms with van der Waals surface area (Å²) in [5.74, 6) is -0.114. The Morgan fingerprint density at radius 3 is 2.94 bits per heavy atom. The van der Waals surface area contributed by atoms with Crippen molar-refractivity contribution in [3.63, 3.8) is 0 Å². The number of halogens is 2. The number of carbonyl (C=O) groups is 1. The fraction of sp³-hybridized carbons (Fsp3) is 0.409. The Labute approximate surface area is 197 Å². The van der Waals surface area contributed by atoms with Gasteiger partial charge in [0.15, 0.2) is 0 Å². The van der Waals surface area contributed by atoms with E-state index in [2.05, 4.69) is 31.0 Å². The molecule has 1 aliphatic rings. The zero-order valence-corrected chi connectivity index (χ0v) is 18.4. The van der Waals surface area contributed by atoms with Crippen LogP contribution < -0.4 is 15.4 Å². The number of amides is 1. The Morgan fingerprint density at radius 1 is 1.38 bits per heavy atom. The summed E-state index contributed by atoms with van der Waals surface area (Å²) in [4.78, 5) is 15.8. The van der Waals surface area contributed by atoms with Gasteiger partial charge in [-0.3, -0.25) is 4.79 Å². The number of hydrogen-bond donors (Lipinski definition) is 2. The fourth-order valence-corrected chi connectivity index (χ4v) is 4.60. The molecule has 3 heterocycles. The van der Waals surface area contributed by atoms with Crippen molar-refractivity contribution < 1.29 is 22.4 Å². The zero-order valence-electron chi connectivity index (χ0n) is 21.4. The summed E-state index contributed by atoms with van der Waals surface area (Å²) in [7, 11) is -2.78. The summed E-state index contributed by atoms with van der Waals surface area (Å²) in [6.07, 6.45) is 0.307. The maximum absolute atomic E-state index is 13.0. The van der Waals surface area contributed by atoms with E-state index in [0.29, 0.717) is 40.5 Å². The van der Waals surface area contributed by atoms with Crippen molar-refractivity contribution in [1.29, 1.82) is 0 Å². The molecule has 0 radical (unpaired) electrons. The van der Waals surface area contributed by atoms with Gasteiger partial charge in [-0.05, 0) is 43.5 Å². The third kappa shape index (κ3) is 3.99. The van der Waals surface area contributed by atoms with Gasteiger partial charge in [0.25, 0.3) is 6.43 Å². The molecular weight excluding hydrogens is 446 g/mol. The molecule has 12 heteroatoms. The highest BCUT2D eigenvalue weighted by Gasteiger charge is 2.41. The van der Waals surface area contributed by atoms with Crippen LogP contribution in [0.15, 0.2) is 30.5 Å². The zero-order chi connectivity index (χ0) is 26.5. The Bertz CT molecular complexity index is 1480. The van der Waals surface area contributed by atoms with E-state index in [9.17, 15) is 13.6 Å². The molecule has 10 nitrogen and oxygen atoms in total. The van der Waals surface area contributed by atoms with Gasteiger partial charge < -0.3 is 15.4 Å². The Balaban J connectivity index is 1.51. The van der Waals surface area contributed by atoms with Crippen molar-refractivity contribution in [1.82, 2.24) is 34.9 Å². The average molecular weight is 474 g/mol. The van der Waals surface area contributed by atoms with Crippen LogP contribution in [0.1, 0.15) is 30.8 Å². The quantitative estimate of drug-likeness (QED) is 0.425. The number of aromatic nitrogens is 6. The number of carbonyl (C=O) groups excluding carboxylic acids is 1. The number of ether oxygens (including phenoxy) is 1. The number of methoxy groups -OCH3 is 1. The first-order chi connectivity index (χ1) is 17.4. The van der Waals surface area contributed by atoms with Crippen LogP contribution in [0.25, 0.3) is 27.7 Å². The SMILES string of the molecule is [2H]C([2H])([2H])Oc1nc(NC2CC(C)(NC(C)=O)C2)nn2ccc(-c3ccc4nnn(CC(F)F)c4c3)c12. The number of nitrogens with one attached hydrogen (secondary N) is 2. The van der Waals surface area contributed by atoms with Crippen LogP contribution in [0.5, 0.6) is 5.88 Å². The maximum atomic E-state index is 13.0. The average Bonchev–Trinajstić information content (AvgIpc) is 3.35. The summed E-state index contributed by atoms with van der Waals surface area (Å²) < 4.78 is 56.6. The van der Waals surface area contributed by atoms with Crippen molar-refractivity contribution in [2.75, 3.05) is 12.4 Å². The minimum atomic E-state index is -2.78. The second kappa shape index (κ2) is 8.19. The number of benzene rings is 1. The number of anilines is 1. The lowest BCUT2D eigenvalue weighted by atomic mass is 9.74. The van der Waals surface area contributed by atoms with E-state index in [1.165, 1.54) is 11.4 Å². The van der Waals surface area contributed by atoms with Crippen molar-refractivity contribution in [2.45, 2.75) is 51.2 Å². The molecule has 0 atom stereocenters. The molecule has 3 aromatic heterocycles. The standard InChI is InChI=1S/C22H24F2N8O2/c1-12(33)27-22(2)9-14(10-22)25-21-26-20(34-3)19-15(6-7-31(19)29-21)13-4-5-16-17(8-13)32(30-28-16)11-18(23)24/h4-8,14,18H,9-11H2,1-3H3,(H,25,29)(H,27,33)/i3D3. The van der Waals surface area contributed by atoms with Gasteiger partial charge in [0.2, 0.25) is 17.7 Å². The molecule has 1 aromatic carbocycles. The Kier molecular flexibility index (Phi) is 4.47. The number of alkyl halides is 2. The third-order valence-corrected chi connectivity index (χ3v) is 5.92. The van der Waals surface area contributed by atoms with Gasteiger partial charge in [-0.2, -0.15) is 4.98 Å². The van der Waals surface area contributed by atoms with E-state index >= 15 is 0 Å². The van der Waals surface area contributed by atoms with Gasteiger partial charge in [-0.1, -0.05) is 11.3 Å². The maximum Gasteiger partial charge on any atom is 0.258 e. The number of nitrogens with zero attached hydrogens (tertiary/aromatic N) is 6. The monoisotopic (exact) mass is 473 g/mol. The van der Waals surface area contributed by atoms with E-state index in [1.54, 1.807) is 30.5 Å².